The van der Waals surface area contributed by atoms with Crippen LogP contribution in [-0.2, 0) is 19.5 Å². The standard InChI is InChI=1S/C11H7N3O.Zn/c15-8-3-5-13-11-9(8)10-7(6-14-11)2-1-4-12-10;/h1-6H,(H,13,14,15);. The molecule has 0 aliphatic heterocycles. The van der Waals surface area contributed by atoms with Crippen LogP contribution >= 0.6 is 0 Å². The molecule has 3 heterocycles. The summed E-state index contributed by atoms with van der Waals surface area (Å²) in [5.41, 5.74) is 1.24. The molecule has 0 spiro atoms. The van der Waals surface area contributed by atoms with Crippen molar-refractivity contribution in [3.8, 4) is 5.75 Å². The average molecular weight is 263 g/mol. The molecule has 0 saturated carbocycles. The van der Waals surface area contributed by atoms with E-state index in [1.165, 1.54) is 12.3 Å². The van der Waals surface area contributed by atoms with E-state index in [0.29, 0.717) is 11.0 Å². The van der Waals surface area contributed by atoms with Gasteiger partial charge in [-0.1, -0.05) is 0 Å². The monoisotopic (exact) mass is 261 g/mol. The summed E-state index contributed by atoms with van der Waals surface area (Å²) in [5.74, 6) is 0.164. The first kappa shape index (κ1) is 10.9. The fourth-order valence-electron chi connectivity index (χ4n) is 1.63. The maximum Gasteiger partial charge on any atom is 0.165 e. The SMILES string of the molecule is Oc1ccnc2ncc3cccnc3c12.[Zn]. The second-order valence-electron chi connectivity index (χ2n) is 3.23. The van der Waals surface area contributed by atoms with Crippen LogP contribution in [0.25, 0.3) is 21.9 Å². The number of hydrogen-bond acceptors (Lipinski definition) is 4. The van der Waals surface area contributed by atoms with Crippen molar-refractivity contribution in [1.29, 1.82) is 0 Å². The Kier molecular flexibility index (Phi) is 2.79. The molecule has 16 heavy (non-hydrogen) atoms. The first-order chi connectivity index (χ1) is 7.36. The Morgan fingerprint density at radius 2 is 1.88 bits per heavy atom. The summed E-state index contributed by atoms with van der Waals surface area (Å²) in [6, 6.07) is 5.28. The van der Waals surface area contributed by atoms with Crippen molar-refractivity contribution in [2.45, 2.75) is 0 Å². The first-order valence-electron chi connectivity index (χ1n) is 4.54. The first-order valence-corrected chi connectivity index (χ1v) is 4.54. The molecule has 1 N–H and O–H groups in total. The topological polar surface area (TPSA) is 58.9 Å². The van der Waals surface area contributed by atoms with Gasteiger partial charge in [0.1, 0.15) is 5.75 Å². The molecule has 3 aromatic heterocycles. The van der Waals surface area contributed by atoms with Crippen LogP contribution < -0.4 is 0 Å². The summed E-state index contributed by atoms with van der Waals surface area (Å²) in [7, 11) is 0. The van der Waals surface area contributed by atoms with Gasteiger partial charge in [0.2, 0.25) is 0 Å². The van der Waals surface area contributed by atoms with E-state index in [-0.39, 0.29) is 25.2 Å². The fourth-order valence-corrected chi connectivity index (χ4v) is 1.63. The normalized spacial score (nSPS) is 10.2. The number of fused-ring (bicyclic) bond motifs is 3. The Hall–Kier alpha value is -1.61. The molecule has 0 bridgehead atoms. The van der Waals surface area contributed by atoms with Gasteiger partial charge in [-0.25, -0.2) is 9.97 Å². The van der Waals surface area contributed by atoms with Crippen LogP contribution in [0.2, 0.25) is 0 Å². The summed E-state index contributed by atoms with van der Waals surface area (Å²) in [4.78, 5) is 12.5. The van der Waals surface area contributed by atoms with E-state index < -0.39 is 0 Å². The van der Waals surface area contributed by atoms with E-state index in [0.717, 1.165) is 10.9 Å². The Balaban J connectivity index is 0.000000963. The molecule has 0 fully saturated rings. The van der Waals surface area contributed by atoms with Crippen molar-refractivity contribution in [3.63, 3.8) is 0 Å². The van der Waals surface area contributed by atoms with Crippen molar-refractivity contribution in [1.82, 2.24) is 15.0 Å². The quantitative estimate of drug-likeness (QED) is 0.496. The van der Waals surface area contributed by atoms with Gasteiger partial charge in [-0.05, 0) is 18.2 Å². The van der Waals surface area contributed by atoms with E-state index in [1.54, 1.807) is 12.4 Å². The van der Waals surface area contributed by atoms with Gasteiger partial charge < -0.3 is 5.11 Å². The van der Waals surface area contributed by atoms with Gasteiger partial charge in [0, 0.05) is 43.5 Å². The van der Waals surface area contributed by atoms with Gasteiger partial charge in [-0.15, -0.1) is 0 Å². The minimum absolute atomic E-state index is 0. The predicted octanol–water partition coefficient (Wildman–Crippen LogP) is 1.88. The van der Waals surface area contributed by atoms with Crippen LogP contribution in [0, 0.1) is 0 Å². The number of hydrogen-bond donors (Lipinski definition) is 1. The van der Waals surface area contributed by atoms with E-state index in [1.807, 2.05) is 12.1 Å². The van der Waals surface area contributed by atoms with Crippen LogP contribution in [0.4, 0.5) is 0 Å². The predicted molar refractivity (Wildman–Crippen MR) is 56.5 cm³/mol. The van der Waals surface area contributed by atoms with Crippen LogP contribution in [0.3, 0.4) is 0 Å². The maximum absolute atomic E-state index is 9.75. The van der Waals surface area contributed by atoms with E-state index in [9.17, 15) is 5.11 Å². The van der Waals surface area contributed by atoms with Crippen molar-refractivity contribution < 1.29 is 24.6 Å². The smallest absolute Gasteiger partial charge is 0.165 e. The largest absolute Gasteiger partial charge is 0.507 e. The van der Waals surface area contributed by atoms with Gasteiger partial charge in [-0.3, -0.25) is 4.98 Å². The van der Waals surface area contributed by atoms with Crippen molar-refractivity contribution >= 4 is 21.9 Å². The Morgan fingerprint density at radius 3 is 2.75 bits per heavy atom. The molecule has 3 rings (SSSR count). The van der Waals surface area contributed by atoms with Crippen molar-refractivity contribution in [2.24, 2.45) is 0 Å². The Labute approximate surface area is 104 Å². The number of aromatic nitrogens is 3. The molecule has 0 aliphatic carbocycles. The molecule has 0 aliphatic rings. The van der Waals surface area contributed by atoms with Crippen molar-refractivity contribution in [2.75, 3.05) is 0 Å². The second kappa shape index (κ2) is 4.10. The molecule has 0 saturated heterocycles. The summed E-state index contributed by atoms with van der Waals surface area (Å²) in [6.07, 6.45) is 4.92. The molecule has 5 heteroatoms. The number of pyridine rings is 3. The van der Waals surface area contributed by atoms with Gasteiger partial charge >= 0.3 is 0 Å². The summed E-state index contributed by atoms with van der Waals surface area (Å²) in [6.45, 7) is 0. The Bertz CT molecular complexity index is 657. The van der Waals surface area contributed by atoms with Gasteiger partial charge in [0.15, 0.2) is 5.65 Å². The molecule has 0 aromatic carbocycles. The maximum atomic E-state index is 9.75. The molecule has 0 radical (unpaired) electrons. The van der Waals surface area contributed by atoms with Gasteiger partial charge in [-0.2, -0.15) is 0 Å². The van der Waals surface area contributed by atoms with Crippen LogP contribution in [-0.4, -0.2) is 20.1 Å². The van der Waals surface area contributed by atoms with Crippen LogP contribution in [0.15, 0.2) is 36.8 Å². The zero-order valence-electron chi connectivity index (χ0n) is 8.46. The van der Waals surface area contributed by atoms with Crippen LogP contribution in [0.1, 0.15) is 0 Å². The third-order valence-electron chi connectivity index (χ3n) is 2.31. The van der Waals surface area contributed by atoms with Gasteiger partial charge in [0.25, 0.3) is 0 Å². The zero-order valence-corrected chi connectivity index (χ0v) is 11.4. The molecule has 74 valence electrons. The molecule has 0 amide bonds. The average Bonchev–Trinajstić information content (AvgIpc) is 2.29. The number of rotatable bonds is 0. The number of aromatic hydroxyl groups is 1. The van der Waals surface area contributed by atoms with E-state index in [4.69, 9.17) is 0 Å². The summed E-state index contributed by atoms with van der Waals surface area (Å²) in [5, 5.41) is 11.3. The van der Waals surface area contributed by atoms with E-state index in [2.05, 4.69) is 15.0 Å². The third kappa shape index (κ3) is 1.53. The second-order valence-corrected chi connectivity index (χ2v) is 3.23. The van der Waals surface area contributed by atoms with E-state index >= 15 is 0 Å². The molecule has 0 unspecified atom stereocenters. The fraction of sp³-hybridized carbons (Fsp3) is 0. The van der Waals surface area contributed by atoms with Crippen molar-refractivity contribution in [3.05, 3.63) is 36.8 Å². The Morgan fingerprint density at radius 1 is 1.00 bits per heavy atom. The molecule has 3 aromatic rings. The summed E-state index contributed by atoms with van der Waals surface area (Å²) >= 11 is 0. The number of nitrogens with zero attached hydrogens (tertiary/aromatic N) is 3. The molecular formula is C11H7N3OZn. The third-order valence-corrected chi connectivity index (χ3v) is 2.31. The molecule has 0 atom stereocenters. The summed E-state index contributed by atoms with van der Waals surface area (Å²) < 4.78 is 0. The minimum atomic E-state index is 0. The molecule has 4 nitrogen and oxygen atoms in total. The van der Waals surface area contributed by atoms with Gasteiger partial charge in [0.05, 0.1) is 10.9 Å². The zero-order chi connectivity index (χ0) is 10.3. The minimum Gasteiger partial charge on any atom is -0.507 e. The van der Waals surface area contributed by atoms with Crippen LogP contribution in [0.5, 0.6) is 5.75 Å². The molecular weight excluding hydrogens is 256 g/mol.